The molecule has 0 aromatic heterocycles. The third kappa shape index (κ3) is 5.61. The van der Waals surface area contributed by atoms with Crippen molar-refractivity contribution >= 4 is 37.1 Å². The van der Waals surface area contributed by atoms with Gasteiger partial charge in [0.25, 0.3) is 0 Å². The highest BCUT2D eigenvalue weighted by molar-refractivity contribution is 6.53. The van der Waals surface area contributed by atoms with E-state index in [1.165, 1.54) is 27.7 Å². The average Bonchev–Trinajstić information content (AvgIpc) is 2.45. The molecule has 0 aromatic rings. The van der Waals surface area contributed by atoms with E-state index in [1.54, 1.807) is 0 Å². The van der Waals surface area contributed by atoms with E-state index in [-0.39, 0.29) is 22.8 Å². The summed E-state index contributed by atoms with van der Waals surface area (Å²) in [6.07, 6.45) is 0. The van der Waals surface area contributed by atoms with Crippen molar-refractivity contribution in [2.75, 3.05) is 0 Å². The largest absolute Gasteiger partial charge is 0.766 e. The second-order valence-corrected chi connectivity index (χ2v) is 4.20. The SMILES string of the molecule is CC1=N/O[B-](F)(F)O/N=C(C)/C(C)=N/O[B-](F)(F)O\N=C\1C. The summed E-state index contributed by atoms with van der Waals surface area (Å²) in [5.41, 5.74) is -0.966. The lowest BCUT2D eigenvalue weighted by Crippen LogP contribution is -2.31. The van der Waals surface area contributed by atoms with E-state index < -0.39 is 14.2 Å². The fourth-order valence-corrected chi connectivity index (χ4v) is 0.864. The van der Waals surface area contributed by atoms with Gasteiger partial charge in [0.1, 0.15) is 0 Å². The predicted octanol–water partition coefficient (Wildman–Crippen LogP) is 2.32. The van der Waals surface area contributed by atoms with E-state index in [1.807, 2.05) is 0 Å². The van der Waals surface area contributed by atoms with Crippen LogP contribution in [-0.2, 0) is 19.0 Å². The highest BCUT2D eigenvalue weighted by atomic mass is 19.3. The van der Waals surface area contributed by atoms with Gasteiger partial charge in [0.15, 0.2) is 0 Å². The van der Waals surface area contributed by atoms with Crippen LogP contribution in [0.15, 0.2) is 20.6 Å². The third-order valence-corrected chi connectivity index (χ3v) is 2.30. The minimum atomic E-state index is -4.85. The summed E-state index contributed by atoms with van der Waals surface area (Å²) in [6, 6.07) is 0. The molecule has 0 fully saturated rings. The second kappa shape index (κ2) is 6.66. The van der Waals surface area contributed by atoms with E-state index in [2.05, 4.69) is 39.6 Å². The molecule has 0 spiro atoms. The smallest absolute Gasteiger partial charge is 0.519 e. The van der Waals surface area contributed by atoms with Crippen LogP contribution in [-0.4, -0.2) is 37.1 Å². The maximum atomic E-state index is 13.2. The average molecular weight is 326 g/mol. The van der Waals surface area contributed by atoms with Crippen LogP contribution in [0.3, 0.4) is 0 Å². The maximum Gasteiger partial charge on any atom is 0.766 e. The van der Waals surface area contributed by atoms with Crippen LogP contribution in [0.5, 0.6) is 0 Å². The summed E-state index contributed by atoms with van der Waals surface area (Å²) in [6.45, 7) is 4.73. The van der Waals surface area contributed by atoms with E-state index >= 15 is 0 Å². The molecule has 22 heavy (non-hydrogen) atoms. The first-order chi connectivity index (χ1) is 10.0. The number of nitrogens with zero attached hydrogens (tertiary/aromatic N) is 4. The van der Waals surface area contributed by atoms with E-state index in [0.29, 0.717) is 0 Å². The lowest BCUT2D eigenvalue weighted by molar-refractivity contribution is 0.0899. The van der Waals surface area contributed by atoms with Gasteiger partial charge in [-0.1, -0.05) is 0 Å². The van der Waals surface area contributed by atoms with Crippen molar-refractivity contribution < 1.29 is 36.3 Å². The van der Waals surface area contributed by atoms with Crippen LogP contribution in [0.1, 0.15) is 27.7 Å². The van der Waals surface area contributed by atoms with Crippen molar-refractivity contribution in [2.24, 2.45) is 20.6 Å². The van der Waals surface area contributed by atoms with Gasteiger partial charge < -0.3 is 36.3 Å². The third-order valence-electron chi connectivity index (χ3n) is 2.30. The van der Waals surface area contributed by atoms with Crippen LogP contribution in [0, 0.1) is 0 Å². The quantitative estimate of drug-likeness (QED) is 0.505. The van der Waals surface area contributed by atoms with E-state index in [0.717, 1.165) is 0 Å². The Balaban J connectivity index is 3.14. The molecule has 1 heterocycles. The molecule has 0 atom stereocenters. The molecular weight excluding hydrogens is 314 g/mol. The van der Waals surface area contributed by atoms with Gasteiger partial charge in [-0.15, -0.1) is 20.6 Å². The maximum absolute atomic E-state index is 13.2. The molecule has 0 saturated carbocycles. The molecule has 124 valence electrons. The van der Waals surface area contributed by atoms with Crippen molar-refractivity contribution in [3.63, 3.8) is 0 Å². The molecule has 1 aliphatic heterocycles. The van der Waals surface area contributed by atoms with Gasteiger partial charge in [-0.25, -0.2) is 0 Å². The van der Waals surface area contributed by atoms with Gasteiger partial charge in [-0.05, 0) is 27.7 Å². The number of rotatable bonds is 0. The molecule has 0 bridgehead atoms. The summed E-state index contributed by atoms with van der Waals surface area (Å²) in [4.78, 5) is 0. The Morgan fingerprint density at radius 2 is 0.727 bits per heavy atom. The highest BCUT2D eigenvalue weighted by Gasteiger charge is 2.36. The lowest BCUT2D eigenvalue weighted by Gasteiger charge is -2.23. The van der Waals surface area contributed by atoms with Crippen molar-refractivity contribution in [1.82, 2.24) is 0 Å². The monoisotopic (exact) mass is 326 g/mol. The zero-order valence-electron chi connectivity index (χ0n) is 12.1. The molecule has 0 unspecified atom stereocenters. The summed E-state index contributed by atoms with van der Waals surface area (Å²) in [5.74, 6) is 0. The Hall–Kier alpha value is -2.27. The Kier molecular flexibility index (Phi) is 5.38. The first-order valence-electron chi connectivity index (χ1n) is 5.94. The van der Waals surface area contributed by atoms with Crippen LogP contribution in [0.25, 0.3) is 0 Å². The van der Waals surface area contributed by atoms with Crippen LogP contribution >= 0.6 is 0 Å². The molecule has 0 aliphatic carbocycles. The molecule has 8 nitrogen and oxygen atoms in total. The topological polar surface area (TPSA) is 86.4 Å². The summed E-state index contributed by atoms with van der Waals surface area (Å²) in [7, 11) is -9.71. The van der Waals surface area contributed by atoms with Gasteiger partial charge in [0.05, 0.1) is 22.8 Å². The Labute approximate surface area is 122 Å². The molecule has 0 radical (unpaired) electrons. The van der Waals surface area contributed by atoms with E-state index in [9.17, 15) is 17.3 Å². The normalized spacial score (nSPS) is 31.6. The van der Waals surface area contributed by atoms with Crippen LogP contribution in [0.2, 0.25) is 0 Å². The molecule has 0 aromatic carbocycles. The summed E-state index contributed by atoms with van der Waals surface area (Å²) < 4.78 is 68.5. The van der Waals surface area contributed by atoms with Crippen molar-refractivity contribution in [2.45, 2.75) is 27.7 Å². The summed E-state index contributed by atoms with van der Waals surface area (Å²) in [5, 5.41) is 12.1. The van der Waals surface area contributed by atoms with Crippen molar-refractivity contribution in [3.8, 4) is 0 Å². The predicted molar refractivity (Wildman–Crippen MR) is 72.7 cm³/mol. The van der Waals surface area contributed by atoms with Crippen LogP contribution < -0.4 is 0 Å². The molecule has 0 saturated heterocycles. The van der Waals surface area contributed by atoms with Gasteiger partial charge in [0, 0.05) is 0 Å². The Bertz CT molecular complexity index is 460. The lowest BCUT2D eigenvalue weighted by atomic mass is 10.2. The van der Waals surface area contributed by atoms with Crippen molar-refractivity contribution in [1.29, 1.82) is 0 Å². The zero-order chi connectivity index (χ0) is 17.0. The fourth-order valence-electron chi connectivity index (χ4n) is 0.864. The van der Waals surface area contributed by atoms with Gasteiger partial charge >= 0.3 is 14.2 Å². The second-order valence-electron chi connectivity index (χ2n) is 4.20. The first-order valence-corrected chi connectivity index (χ1v) is 5.94. The highest BCUT2D eigenvalue weighted by Crippen LogP contribution is 2.15. The number of halogens is 4. The van der Waals surface area contributed by atoms with Gasteiger partial charge in [-0.3, -0.25) is 0 Å². The number of hydrogen-bond acceptors (Lipinski definition) is 8. The Morgan fingerprint density at radius 1 is 0.545 bits per heavy atom. The molecule has 1 aliphatic rings. The molecular formula is C8H12B2F4N4O4-2. The van der Waals surface area contributed by atoms with Crippen LogP contribution in [0.4, 0.5) is 17.3 Å². The molecule has 1 rings (SSSR count). The summed E-state index contributed by atoms with van der Waals surface area (Å²) >= 11 is 0. The first kappa shape index (κ1) is 17.8. The zero-order valence-corrected chi connectivity index (χ0v) is 12.1. The van der Waals surface area contributed by atoms with E-state index in [4.69, 9.17) is 0 Å². The molecule has 0 N–H and O–H groups in total. The number of hydrogen-bond donors (Lipinski definition) is 0. The molecule has 14 heteroatoms. The minimum Gasteiger partial charge on any atom is -0.519 e. The van der Waals surface area contributed by atoms with Gasteiger partial charge in [0.2, 0.25) is 0 Å². The number of oxime groups is 4. The minimum absolute atomic E-state index is 0.241. The van der Waals surface area contributed by atoms with Gasteiger partial charge in [-0.2, -0.15) is 0 Å². The Morgan fingerprint density at radius 3 is 0.909 bits per heavy atom. The van der Waals surface area contributed by atoms with Crippen molar-refractivity contribution in [3.05, 3.63) is 0 Å². The molecule has 0 amide bonds. The fraction of sp³-hybridized carbons (Fsp3) is 0.500. The standard InChI is InChI=1S/C8H12B2F4N4O4/c1-5-6(2)16-20-10(13,14)22-18-8(4)7(3)17-21-9(11,12)19-15-5/h1-4H3/q-2/b15-5-,16-6+,17-7+,18-8+.